The van der Waals surface area contributed by atoms with Crippen molar-refractivity contribution in [3.8, 4) is 0 Å². The Kier molecular flexibility index (Phi) is 36.9. The number of thioether (sulfide) groups is 3. The Bertz CT molecular complexity index is 4490. The topological polar surface area (TPSA) is 557 Å². The quantitative estimate of drug-likeness (QED) is 0.0734. The number of carbonyl (C=O) groups excluding carboxylic acids is 17. The average molecular weight is 1740 g/mol. The van der Waals surface area contributed by atoms with E-state index in [0.29, 0.717) is 22.0 Å². The van der Waals surface area contributed by atoms with Gasteiger partial charge in [0.25, 0.3) is 0 Å². The van der Waals surface area contributed by atoms with E-state index in [4.69, 9.17) is 11.5 Å². The molecule has 0 saturated carbocycles. The van der Waals surface area contributed by atoms with Crippen LogP contribution in [0.3, 0.4) is 0 Å². The van der Waals surface area contributed by atoms with Gasteiger partial charge in [0.05, 0.1) is 62.2 Å². The maximum Gasteiger partial charge on any atom is 0.304 e. The minimum absolute atomic E-state index is 0.0311. The molecule has 41 heteroatoms. The van der Waals surface area contributed by atoms with E-state index in [9.17, 15) is 76.9 Å². The van der Waals surface area contributed by atoms with Crippen LogP contribution >= 0.6 is 35.3 Å². The number of amides is 12. The third-order valence-corrected chi connectivity index (χ3v) is 24.3. The molecular formula is C80H105FN16O21S3. The number of aromatic amines is 1. The molecule has 4 aliphatic heterocycles. The van der Waals surface area contributed by atoms with E-state index in [1.165, 1.54) is 37.7 Å². The molecule has 0 unspecified atom stereocenters. The Labute approximate surface area is 709 Å². The number of aryl methyl sites for hydroxylation is 2. The zero-order valence-electron chi connectivity index (χ0n) is 67.5. The average Bonchev–Trinajstić information content (AvgIpc) is 1.72. The van der Waals surface area contributed by atoms with Crippen molar-refractivity contribution in [2.24, 2.45) is 41.1 Å². The maximum atomic E-state index is 15.6. The van der Waals surface area contributed by atoms with E-state index in [2.05, 4.69) is 52.5 Å². The highest BCUT2D eigenvalue weighted by atomic mass is 32.2. The van der Waals surface area contributed by atoms with Crippen molar-refractivity contribution in [1.82, 2.24) is 71.9 Å². The van der Waals surface area contributed by atoms with E-state index < -0.39 is 273 Å². The number of halogens is 1. The van der Waals surface area contributed by atoms with Crippen molar-refractivity contribution >= 4 is 158 Å². The van der Waals surface area contributed by atoms with Crippen molar-refractivity contribution in [2.75, 3.05) is 54.5 Å². The number of benzene rings is 2. The number of ketones is 5. The summed E-state index contributed by atoms with van der Waals surface area (Å²) in [7, 11) is 0. The Hall–Kier alpha value is -11.0. The molecule has 2 aromatic heterocycles. The predicted octanol–water partition coefficient (Wildman–Crippen LogP) is 0.690. The number of primary amides is 2. The lowest BCUT2D eigenvalue weighted by molar-refractivity contribution is -0.158. The fraction of sp³-hybridized carbons (Fsp3) is 0.562. The summed E-state index contributed by atoms with van der Waals surface area (Å²) in [5.74, 6) is -26.0. The van der Waals surface area contributed by atoms with Gasteiger partial charge in [-0.05, 0) is 80.2 Å². The van der Waals surface area contributed by atoms with Gasteiger partial charge in [-0.1, -0.05) is 49.4 Å². The molecule has 4 aliphatic rings. The first-order valence-electron chi connectivity index (χ1n) is 40.0. The maximum absolute atomic E-state index is 15.6. The molecule has 6 heterocycles. The van der Waals surface area contributed by atoms with Crippen LogP contribution in [0.25, 0.3) is 10.9 Å². The number of carbonyl (C=O) groups is 19. The molecule has 37 nitrogen and oxygen atoms in total. The summed E-state index contributed by atoms with van der Waals surface area (Å²) in [6.07, 6.45) is -7.18. The van der Waals surface area contributed by atoms with Crippen molar-refractivity contribution in [2.45, 2.75) is 198 Å². The van der Waals surface area contributed by atoms with E-state index >= 15 is 28.8 Å². The summed E-state index contributed by atoms with van der Waals surface area (Å²) >= 11 is 2.98. The number of fused-ring (bicyclic) bond motifs is 25. The van der Waals surface area contributed by atoms with Gasteiger partial charge in [0, 0.05) is 166 Å². The molecule has 2 aromatic carbocycles. The Balaban J connectivity index is 1.32. The van der Waals surface area contributed by atoms with E-state index in [-0.39, 0.29) is 112 Å². The Morgan fingerprint density at radius 1 is 0.570 bits per heavy atom. The van der Waals surface area contributed by atoms with Crippen LogP contribution in [0.1, 0.15) is 147 Å². The minimum atomic E-state index is -1.89. The van der Waals surface area contributed by atoms with Crippen LogP contribution in [0.4, 0.5) is 4.39 Å². The number of Topliss-reactive ketones (excluding diaryl/α,β-unsaturated/α-hetero) is 5. The normalized spacial score (nSPS) is 24.8. The number of H-pyrrole nitrogens is 1. The number of para-hydroxylation sites is 1. The number of rotatable bonds is 16. The summed E-state index contributed by atoms with van der Waals surface area (Å²) in [5, 5.41) is 48.0. The van der Waals surface area contributed by atoms with Crippen molar-refractivity contribution in [1.29, 1.82) is 0 Å². The zero-order chi connectivity index (χ0) is 88.1. The molecule has 0 spiro atoms. The molecule has 12 amide bonds. The molecule has 121 heavy (non-hydrogen) atoms. The van der Waals surface area contributed by atoms with Gasteiger partial charge in [0.15, 0.2) is 23.1 Å². The number of aromatic nitrogens is 4. The number of nitrogens with two attached hydrogens (primary N) is 2. The summed E-state index contributed by atoms with van der Waals surface area (Å²) in [6, 6.07) is 0.935. The number of nitrogens with zero attached hydrogens (tertiary/aromatic N) is 6. The molecule has 656 valence electrons. The van der Waals surface area contributed by atoms with Gasteiger partial charge in [0.1, 0.15) is 29.7 Å². The Morgan fingerprint density at radius 3 is 1.80 bits per heavy atom. The smallest absolute Gasteiger partial charge is 0.304 e. The van der Waals surface area contributed by atoms with Crippen molar-refractivity contribution in [3.63, 3.8) is 0 Å². The van der Waals surface area contributed by atoms with Crippen molar-refractivity contribution < 1.29 is 106 Å². The molecule has 14 N–H and O–H groups in total. The lowest BCUT2D eigenvalue weighted by atomic mass is 9.84. The number of hydrogen-bond acceptors (Lipinski definition) is 24. The highest BCUT2D eigenvalue weighted by Crippen LogP contribution is 2.29. The second-order valence-electron chi connectivity index (χ2n) is 31.1. The molecule has 4 aromatic rings. The number of hydrogen-bond donors (Lipinski definition) is 12. The monoisotopic (exact) mass is 1740 g/mol. The first-order chi connectivity index (χ1) is 57.5. The number of aliphatic carboxylic acids is 2. The van der Waals surface area contributed by atoms with Gasteiger partial charge in [0.2, 0.25) is 70.9 Å². The standard InChI is InChI=1S/C80H105FN16O21S3/c1-44(2)28-58-79(117)88-56(15-19-73(109)110)65(101)34-50(35-74(111)112)78(116)90-61-39-120-26-22-71(107)95-41-94-42-96(43-95)72(108)23-27-121-40-62(75(83)113)91-80(118)59(29-46-8-12-52(81)13-9-46)86-69(105)18-16-63(99)57(87-77(115)49(33-67(61)103)30-51-36-84-55-7-5-4-6-54(51)55)20-24-97-37-53(92-93-97)14-10-48(76(114)89-58)32-64(100)47(11-17-68(82)104)31-66(102)60(85-45(3)98)38-119-25-21-70(94)106/h4-9,12-13,36-37,44,47-50,56-62,84H,10-11,14-35,38-43H2,1-3H3,(H2,82,104)(H2,83,113)(H,85,98)(H,86,105)(H,87,115)(H,88,117)(H,89,114)(H,90,116)(H,91,118)(H,109,110)(H,111,112)/t47-,48-,49-,50+,56+,57+,58+,59+,60+,61+,62+/m1/s1. The number of carboxylic acids is 2. The zero-order valence-corrected chi connectivity index (χ0v) is 70.0. The van der Waals surface area contributed by atoms with Gasteiger partial charge < -0.3 is 78.6 Å². The van der Waals surface area contributed by atoms with Crippen molar-refractivity contribution in [3.05, 3.63) is 83.6 Å². The molecule has 3 saturated heterocycles. The highest BCUT2D eigenvalue weighted by Gasteiger charge is 2.40. The van der Waals surface area contributed by atoms with E-state index in [1.807, 2.05) is 0 Å². The summed E-state index contributed by atoms with van der Waals surface area (Å²) in [5.41, 5.74) is 13.1. The molecule has 8 rings (SSSR count). The van der Waals surface area contributed by atoms with Gasteiger partial charge in [-0.15, -0.1) is 5.10 Å². The molecule has 8 bridgehead atoms. The predicted molar refractivity (Wildman–Crippen MR) is 438 cm³/mol. The van der Waals surface area contributed by atoms with Gasteiger partial charge in [-0.2, -0.15) is 35.3 Å². The van der Waals surface area contributed by atoms with Crippen LogP contribution in [0.5, 0.6) is 0 Å². The molecule has 11 atom stereocenters. The largest absolute Gasteiger partial charge is 0.481 e. The summed E-state index contributed by atoms with van der Waals surface area (Å²) in [4.78, 5) is 279. The summed E-state index contributed by atoms with van der Waals surface area (Å²) in [6.45, 7) is 3.11. The van der Waals surface area contributed by atoms with Crippen LogP contribution in [0.2, 0.25) is 0 Å². The fourth-order valence-corrected chi connectivity index (χ4v) is 17.4. The lowest BCUT2D eigenvalue weighted by Gasteiger charge is -2.42. The van der Waals surface area contributed by atoms with Crippen LogP contribution in [0.15, 0.2) is 60.9 Å². The minimum Gasteiger partial charge on any atom is -0.481 e. The first kappa shape index (κ1) is 95.5. The molecular weight excluding hydrogens is 1640 g/mol. The van der Waals surface area contributed by atoms with Gasteiger partial charge >= 0.3 is 11.9 Å². The summed E-state index contributed by atoms with van der Waals surface area (Å²) < 4.78 is 15.6. The van der Waals surface area contributed by atoms with Gasteiger partial charge in [-0.25, -0.2) is 4.39 Å². The van der Waals surface area contributed by atoms with Crippen LogP contribution in [-0.4, -0.2) is 253 Å². The van der Waals surface area contributed by atoms with E-state index in [0.717, 1.165) is 54.3 Å². The van der Waals surface area contributed by atoms with E-state index in [1.54, 1.807) is 44.3 Å². The third-order valence-electron chi connectivity index (χ3n) is 21.1. The van der Waals surface area contributed by atoms with Gasteiger partial charge in [-0.3, -0.25) is 95.8 Å². The second kappa shape index (κ2) is 46.7. The lowest BCUT2D eigenvalue weighted by Crippen LogP contribution is -2.59. The molecule has 3 fully saturated rings. The third kappa shape index (κ3) is 30.6. The second-order valence-corrected chi connectivity index (χ2v) is 34.5. The Morgan fingerprint density at radius 2 is 1.17 bits per heavy atom. The fourth-order valence-electron chi connectivity index (χ4n) is 14.4. The molecule has 0 aliphatic carbocycles. The molecule has 0 radical (unpaired) electrons. The highest BCUT2D eigenvalue weighted by molar-refractivity contribution is 7.99. The van der Waals surface area contributed by atoms with Crippen LogP contribution < -0.4 is 48.7 Å². The first-order valence-corrected chi connectivity index (χ1v) is 43.5. The van der Waals surface area contributed by atoms with Crippen LogP contribution in [-0.2, 0) is 117 Å². The van der Waals surface area contributed by atoms with Crippen LogP contribution in [0, 0.1) is 35.4 Å². The number of carboxylic acid groups (broad SMARTS) is 2. The number of nitrogens with one attached hydrogen (secondary N) is 8. The SMILES string of the molecule is CC(=O)N[C@H]1CSCCC(=O)N2CN3CN(C2)C(=O)CCSC[C@@H]2NC(=O)[C@H](CC(=O)O)CC(=O)[C@H](CCC(=O)O)NC(=O)[C@H](CC(C)C)NC(=O)[C@H](CCc4cn(nn4)CC[C@H](NC(=O)[C@H](Cc4c[nH]c5ccccc45)CC2=O)C(=O)CCC(=O)N[C@@H](Cc2ccc(F)cc2)C(=O)N[C@H](C(N)=O)CSCCC3=O)CC(=O)[C@H](CCC(N)=O)CC1=O.